The molecular weight excluding hydrogens is 346 g/mol. The minimum Gasteiger partial charge on any atom is -0.478 e. The van der Waals surface area contributed by atoms with Crippen molar-refractivity contribution in [2.75, 3.05) is 26.3 Å². The van der Waals surface area contributed by atoms with Gasteiger partial charge in [0.25, 0.3) is 0 Å². The summed E-state index contributed by atoms with van der Waals surface area (Å²) in [6.45, 7) is 1.48. The lowest BCUT2D eigenvalue weighted by molar-refractivity contribution is 0.0697. The Morgan fingerprint density at radius 1 is 0.960 bits per heavy atom. The second-order valence-electron chi connectivity index (χ2n) is 5.42. The number of aromatic carboxylic acids is 1. The van der Waals surface area contributed by atoms with Crippen molar-refractivity contribution >= 4 is 16.0 Å². The van der Waals surface area contributed by atoms with Crippen molar-refractivity contribution < 1.29 is 27.8 Å². The minimum absolute atomic E-state index is 0.166. The van der Waals surface area contributed by atoms with Gasteiger partial charge in [0.2, 0.25) is 10.0 Å². The van der Waals surface area contributed by atoms with Gasteiger partial charge in [-0.25, -0.2) is 13.2 Å². The van der Waals surface area contributed by atoms with Crippen LogP contribution < -0.4 is 4.74 Å². The molecule has 1 aliphatic heterocycles. The van der Waals surface area contributed by atoms with Gasteiger partial charge < -0.3 is 14.6 Å². The highest BCUT2D eigenvalue weighted by molar-refractivity contribution is 7.89. The number of benzene rings is 2. The van der Waals surface area contributed by atoms with E-state index in [0.29, 0.717) is 37.8 Å². The summed E-state index contributed by atoms with van der Waals surface area (Å²) in [4.78, 5) is 11.0. The first kappa shape index (κ1) is 17.4. The third kappa shape index (κ3) is 3.98. The van der Waals surface area contributed by atoms with Crippen molar-refractivity contribution in [1.82, 2.24) is 4.31 Å². The number of carboxylic acid groups (broad SMARTS) is 1. The van der Waals surface area contributed by atoms with Crippen LogP contribution >= 0.6 is 0 Å². The molecule has 0 aromatic heterocycles. The Bertz CT molecular complexity index is 840. The van der Waals surface area contributed by atoms with Crippen molar-refractivity contribution in [1.29, 1.82) is 0 Å². The minimum atomic E-state index is -3.53. The largest absolute Gasteiger partial charge is 0.478 e. The Morgan fingerprint density at radius 2 is 1.48 bits per heavy atom. The Kier molecular flexibility index (Phi) is 5.03. The highest BCUT2D eigenvalue weighted by Gasteiger charge is 2.26. The molecule has 1 fully saturated rings. The summed E-state index contributed by atoms with van der Waals surface area (Å²) in [6, 6.07) is 12.1. The standard InChI is InChI=1S/C17H17NO6S/c19-17(20)13-1-3-14(4-2-13)24-15-5-7-16(8-6-15)25(21,22)18-9-11-23-12-10-18/h1-8H,9-12H2,(H,19,20). The molecule has 0 bridgehead atoms. The van der Waals surface area contributed by atoms with Gasteiger partial charge in [0.1, 0.15) is 11.5 Å². The first-order valence-electron chi connectivity index (χ1n) is 7.66. The fraction of sp³-hybridized carbons (Fsp3) is 0.235. The quantitative estimate of drug-likeness (QED) is 0.875. The molecule has 0 radical (unpaired) electrons. The van der Waals surface area contributed by atoms with Crippen molar-refractivity contribution in [3.05, 3.63) is 54.1 Å². The van der Waals surface area contributed by atoms with E-state index >= 15 is 0 Å². The van der Waals surface area contributed by atoms with Crippen molar-refractivity contribution in [2.24, 2.45) is 0 Å². The van der Waals surface area contributed by atoms with Gasteiger partial charge in [-0.2, -0.15) is 4.31 Å². The number of nitrogens with zero attached hydrogens (tertiary/aromatic N) is 1. The van der Waals surface area contributed by atoms with Crippen molar-refractivity contribution in [3.63, 3.8) is 0 Å². The lowest BCUT2D eigenvalue weighted by atomic mass is 10.2. The summed E-state index contributed by atoms with van der Waals surface area (Å²) in [6.07, 6.45) is 0. The number of sulfonamides is 1. The molecule has 0 atom stereocenters. The van der Waals surface area contributed by atoms with Gasteiger partial charge in [-0.3, -0.25) is 0 Å². The molecule has 25 heavy (non-hydrogen) atoms. The SMILES string of the molecule is O=C(O)c1ccc(Oc2ccc(S(=O)(=O)N3CCOCC3)cc2)cc1. The maximum absolute atomic E-state index is 12.5. The predicted molar refractivity (Wildman–Crippen MR) is 89.5 cm³/mol. The second-order valence-corrected chi connectivity index (χ2v) is 7.36. The Labute approximate surface area is 145 Å². The number of ether oxygens (including phenoxy) is 2. The number of hydrogen-bond acceptors (Lipinski definition) is 5. The fourth-order valence-electron chi connectivity index (χ4n) is 2.42. The van der Waals surface area contributed by atoms with Gasteiger partial charge in [-0.05, 0) is 48.5 Å². The molecule has 1 heterocycles. The van der Waals surface area contributed by atoms with Crippen LogP contribution in [-0.2, 0) is 14.8 Å². The molecule has 8 heteroatoms. The van der Waals surface area contributed by atoms with Crippen LogP contribution in [0.1, 0.15) is 10.4 Å². The lowest BCUT2D eigenvalue weighted by Crippen LogP contribution is -2.40. The number of carboxylic acids is 1. The van der Waals surface area contributed by atoms with Crippen LogP contribution in [0.4, 0.5) is 0 Å². The average molecular weight is 363 g/mol. The van der Waals surface area contributed by atoms with Crippen LogP contribution in [0.3, 0.4) is 0 Å². The maximum atomic E-state index is 12.5. The van der Waals surface area contributed by atoms with Gasteiger partial charge >= 0.3 is 5.97 Å². The van der Waals surface area contributed by atoms with E-state index in [1.54, 1.807) is 24.3 Å². The second kappa shape index (κ2) is 7.22. The molecule has 0 saturated carbocycles. The number of rotatable bonds is 5. The summed E-state index contributed by atoms with van der Waals surface area (Å²) in [7, 11) is -3.53. The van der Waals surface area contributed by atoms with Crippen LogP contribution in [0.5, 0.6) is 11.5 Å². The summed E-state index contributed by atoms with van der Waals surface area (Å²) in [5.74, 6) is -0.0815. The van der Waals surface area contributed by atoms with Gasteiger partial charge in [0, 0.05) is 13.1 Å². The summed E-state index contributed by atoms with van der Waals surface area (Å²) < 4.78 is 37.2. The normalized spacial score (nSPS) is 15.7. The van der Waals surface area contributed by atoms with Crippen LogP contribution in [0.15, 0.2) is 53.4 Å². The lowest BCUT2D eigenvalue weighted by Gasteiger charge is -2.26. The van der Waals surface area contributed by atoms with E-state index in [9.17, 15) is 13.2 Å². The summed E-state index contributed by atoms with van der Waals surface area (Å²) >= 11 is 0. The Morgan fingerprint density at radius 3 is 2.00 bits per heavy atom. The molecule has 0 aliphatic carbocycles. The van der Waals surface area contributed by atoms with Crippen LogP contribution in [0, 0.1) is 0 Å². The zero-order valence-corrected chi connectivity index (χ0v) is 14.1. The van der Waals surface area contributed by atoms with E-state index in [1.807, 2.05) is 0 Å². The maximum Gasteiger partial charge on any atom is 0.335 e. The highest BCUT2D eigenvalue weighted by Crippen LogP contribution is 2.25. The van der Waals surface area contributed by atoms with E-state index in [0.717, 1.165) is 0 Å². The van der Waals surface area contributed by atoms with E-state index in [2.05, 4.69) is 0 Å². The molecule has 2 aromatic carbocycles. The molecule has 0 spiro atoms. The molecule has 1 N–H and O–H groups in total. The number of morpholine rings is 1. The van der Waals surface area contributed by atoms with Gasteiger partial charge in [0.05, 0.1) is 23.7 Å². The number of carbonyl (C=O) groups is 1. The number of hydrogen-bond donors (Lipinski definition) is 1. The highest BCUT2D eigenvalue weighted by atomic mass is 32.2. The van der Waals surface area contributed by atoms with Gasteiger partial charge in [-0.1, -0.05) is 0 Å². The molecule has 7 nitrogen and oxygen atoms in total. The fourth-order valence-corrected chi connectivity index (χ4v) is 3.83. The van der Waals surface area contributed by atoms with Crippen molar-refractivity contribution in [3.8, 4) is 11.5 Å². The average Bonchev–Trinajstić information content (AvgIpc) is 2.63. The topological polar surface area (TPSA) is 93.1 Å². The first-order chi connectivity index (χ1) is 12.0. The van der Waals surface area contributed by atoms with E-state index < -0.39 is 16.0 Å². The van der Waals surface area contributed by atoms with Crippen LogP contribution in [-0.4, -0.2) is 50.1 Å². The molecule has 0 unspecified atom stereocenters. The zero-order chi connectivity index (χ0) is 17.9. The van der Waals surface area contributed by atoms with Gasteiger partial charge in [-0.15, -0.1) is 0 Å². The Balaban J connectivity index is 1.72. The molecule has 0 amide bonds. The molecular formula is C17H17NO6S. The third-order valence-corrected chi connectivity index (χ3v) is 5.68. The smallest absolute Gasteiger partial charge is 0.335 e. The van der Waals surface area contributed by atoms with Crippen LogP contribution in [0.25, 0.3) is 0 Å². The monoisotopic (exact) mass is 363 g/mol. The summed E-state index contributed by atoms with van der Waals surface area (Å²) in [5.41, 5.74) is 0.166. The first-order valence-corrected chi connectivity index (χ1v) is 9.10. The molecule has 2 aromatic rings. The summed E-state index contributed by atoms with van der Waals surface area (Å²) in [5, 5.41) is 8.87. The molecule has 3 rings (SSSR count). The van der Waals surface area contributed by atoms with E-state index in [-0.39, 0.29) is 10.5 Å². The predicted octanol–water partition coefficient (Wildman–Crippen LogP) is 2.20. The molecule has 1 aliphatic rings. The van der Waals surface area contributed by atoms with E-state index in [4.69, 9.17) is 14.6 Å². The molecule has 132 valence electrons. The zero-order valence-electron chi connectivity index (χ0n) is 13.3. The Hall–Kier alpha value is -2.42. The third-order valence-electron chi connectivity index (χ3n) is 3.77. The van der Waals surface area contributed by atoms with Crippen LogP contribution in [0.2, 0.25) is 0 Å². The van der Waals surface area contributed by atoms with Crippen molar-refractivity contribution in [2.45, 2.75) is 4.90 Å². The molecule has 1 saturated heterocycles. The van der Waals surface area contributed by atoms with Gasteiger partial charge in [0.15, 0.2) is 0 Å². The van der Waals surface area contributed by atoms with E-state index in [1.165, 1.54) is 28.6 Å².